The molecule has 11 nitrogen and oxygen atoms in total. The van der Waals surface area contributed by atoms with Crippen molar-refractivity contribution in [1.29, 1.82) is 0 Å². The van der Waals surface area contributed by atoms with Gasteiger partial charge in [0, 0.05) is 48.2 Å². The number of sulfone groups is 1. The van der Waals surface area contributed by atoms with Crippen LogP contribution in [-0.2, 0) is 24.7 Å². The van der Waals surface area contributed by atoms with Crippen LogP contribution in [0.3, 0.4) is 0 Å². The fraction of sp³-hybridized carbons (Fsp3) is 0.0800. The Balaban J connectivity index is 0.00000420. The molecular formula is C25H22N4NaO7S2. The van der Waals surface area contributed by atoms with Gasteiger partial charge in [-0.25, -0.2) is 8.42 Å². The van der Waals surface area contributed by atoms with E-state index in [0.29, 0.717) is 0 Å². The van der Waals surface area contributed by atoms with Gasteiger partial charge in [-0.2, -0.15) is 8.42 Å². The number of rotatable bonds is 6. The molecule has 0 spiro atoms. The molecule has 0 bridgehead atoms. The number of azo groups is 1. The van der Waals surface area contributed by atoms with Gasteiger partial charge >= 0.3 is 0 Å². The molecule has 0 aliphatic heterocycles. The zero-order valence-corrected chi connectivity index (χ0v) is 24.7. The monoisotopic (exact) mass is 577 g/mol. The SMILES string of the molecule is CC(=O)Nc1ccc(N=Nc2c(N)ccc3cc(S(=O)(=O)O)cc(O)c23)c(S(=O)(=O)c2ccc(C)cc2)c1.[Na]. The minimum Gasteiger partial charge on any atom is -0.507 e. The molecule has 0 fully saturated rings. The van der Waals surface area contributed by atoms with Gasteiger partial charge in [-0.05, 0) is 54.8 Å². The average Bonchev–Trinajstić information content (AvgIpc) is 2.83. The zero-order valence-electron chi connectivity index (χ0n) is 21.1. The second-order valence-corrected chi connectivity index (χ2v) is 11.7. The van der Waals surface area contributed by atoms with Crippen LogP contribution in [0, 0.1) is 6.92 Å². The molecule has 0 aliphatic carbocycles. The van der Waals surface area contributed by atoms with Crippen LogP contribution in [0.2, 0.25) is 0 Å². The number of nitrogen functional groups attached to an aromatic ring is 1. The smallest absolute Gasteiger partial charge is 0.294 e. The summed E-state index contributed by atoms with van der Waals surface area (Å²) in [5.74, 6) is -0.939. The molecule has 4 aromatic carbocycles. The standard InChI is InChI=1S/C25H22N4O7S2.Na/c1-14-3-7-18(8-4-14)37(32,33)23-12-17(27-15(2)30)6-10-21(23)28-29-25-20(26)9-5-16-11-19(38(34,35)36)13-22(31)24(16)25;/h3-13,31H,26H2,1-2H3,(H,27,30)(H,34,35,36);. The number of fused-ring (bicyclic) bond motifs is 1. The molecule has 0 saturated carbocycles. The van der Waals surface area contributed by atoms with Gasteiger partial charge in [0.1, 0.15) is 22.0 Å². The van der Waals surface area contributed by atoms with Gasteiger partial charge < -0.3 is 16.2 Å². The summed E-state index contributed by atoms with van der Waals surface area (Å²) < 4.78 is 59.5. The third-order valence-electron chi connectivity index (χ3n) is 5.53. The summed E-state index contributed by atoms with van der Waals surface area (Å²) in [7, 11) is -8.71. The van der Waals surface area contributed by atoms with Gasteiger partial charge in [-0.1, -0.05) is 23.8 Å². The van der Waals surface area contributed by atoms with E-state index in [0.717, 1.165) is 17.7 Å². The molecule has 5 N–H and O–H groups in total. The summed E-state index contributed by atoms with van der Waals surface area (Å²) in [5.41, 5.74) is 7.07. The van der Waals surface area contributed by atoms with E-state index >= 15 is 0 Å². The second-order valence-electron chi connectivity index (χ2n) is 8.40. The van der Waals surface area contributed by atoms with Crippen molar-refractivity contribution in [2.75, 3.05) is 11.1 Å². The van der Waals surface area contributed by atoms with Crippen LogP contribution in [0.15, 0.2) is 91.6 Å². The molecule has 0 saturated heterocycles. The number of phenolic OH excluding ortho intramolecular Hbond substituents is 1. The van der Waals surface area contributed by atoms with Crippen molar-refractivity contribution in [3.8, 4) is 5.75 Å². The van der Waals surface area contributed by atoms with E-state index in [2.05, 4.69) is 15.5 Å². The van der Waals surface area contributed by atoms with Gasteiger partial charge in [0.15, 0.2) is 0 Å². The number of carbonyl (C=O) groups excluding carboxylic acids is 1. The van der Waals surface area contributed by atoms with E-state index in [-0.39, 0.29) is 72.9 Å². The molecule has 4 rings (SSSR count). The van der Waals surface area contributed by atoms with Crippen LogP contribution in [0.25, 0.3) is 10.8 Å². The number of hydrogen-bond acceptors (Lipinski definition) is 9. The number of aromatic hydroxyl groups is 1. The van der Waals surface area contributed by atoms with E-state index in [1.165, 1.54) is 49.4 Å². The first-order valence-electron chi connectivity index (χ1n) is 11.0. The van der Waals surface area contributed by atoms with Gasteiger partial charge in [-0.15, -0.1) is 10.2 Å². The molecule has 0 unspecified atom stereocenters. The molecule has 1 radical (unpaired) electrons. The number of carbonyl (C=O) groups is 1. The Hall–Kier alpha value is -3.33. The van der Waals surface area contributed by atoms with Crippen molar-refractivity contribution in [3.05, 3.63) is 72.3 Å². The van der Waals surface area contributed by atoms with Crippen LogP contribution < -0.4 is 11.1 Å². The second kappa shape index (κ2) is 11.4. The van der Waals surface area contributed by atoms with Crippen molar-refractivity contribution in [2.24, 2.45) is 10.2 Å². The molecule has 39 heavy (non-hydrogen) atoms. The van der Waals surface area contributed by atoms with Crippen LogP contribution in [0.5, 0.6) is 5.75 Å². The Morgan fingerprint density at radius 3 is 2.18 bits per heavy atom. The maximum absolute atomic E-state index is 13.5. The van der Waals surface area contributed by atoms with E-state index in [4.69, 9.17) is 5.73 Å². The summed E-state index contributed by atoms with van der Waals surface area (Å²) in [6, 6.07) is 15.0. The molecular weight excluding hydrogens is 555 g/mol. The van der Waals surface area contributed by atoms with Crippen LogP contribution in [-0.4, -0.2) is 62.0 Å². The molecule has 0 heterocycles. The predicted octanol–water partition coefficient (Wildman–Crippen LogP) is 4.51. The number of anilines is 2. The number of nitrogens with zero attached hydrogens (tertiary/aromatic N) is 2. The van der Waals surface area contributed by atoms with Crippen LogP contribution in [0.4, 0.5) is 22.7 Å². The molecule has 1 amide bonds. The normalized spacial score (nSPS) is 11.9. The Labute approximate surface area is 246 Å². The Kier molecular flexibility index (Phi) is 8.85. The van der Waals surface area contributed by atoms with Gasteiger partial charge in [0.25, 0.3) is 10.1 Å². The Bertz CT molecular complexity index is 1840. The number of hydrogen-bond donors (Lipinski definition) is 4. The molecule has 0 aliphatic rings. The van der Waals surface area contributed by atoms with Crippen molar-refractivity contribution in [3.63, 3.8) is 0 Å². The summed E-state index contributed by atoms with van der Waals surface area (Å²) in [6.45, 7) is 3.10. The maximum atomic E-state index is 13.5. The van der Waals surface area contributed by atoms with Crippen molar-refractivity contribution >= 4 is 88.9 Å². The minimum atomic E-state index is -4.60. The number of nitrogens with one attached hydrogen (secondary N) is 1. The van der Waals surface area contributed by atoms with Gasteiger partial charge in [0.05, 0.1) is 20.9 Å². The van der Waals surface area contributed by atoms with E-state index < -0.39 is 36.5 Å². The van der Waals surface area contributed by atoms with Crippen LogP contribution in [0.1, 0.15) is 12.5 Å². The number of nitrogens with two attached hydrogens (primary N) is 1. The number of phenols is 1. The van der Waals surface area contributed by atoms with Gasteiger partial charge in [-0.3, -0.25) is 9.35 Å². The molecule has 197 valence electrons. The summed E-state index contributed by atoms with van der Waals surface area (Å²) in [6.07, 6.45) is 0. The molecule has 14 heteroatoms. The first kappa shape index (κ1) is 30.2. The van der Waals surface area contributed by atoms with E-state index in [9.17, 15) is 31.3 Å². The number of aryl methyl sites for hydroxylation is 1. The first-order chi connectivity index (χ1) is 17.8. The Morgan fingerprint density at radius 1 is 0.897 bits per heavy atom. The average molecular weight is 578 g/mol. The van der Waals surface area contributed by atoms with Crippen molar-refractivity contribution in [2.45, 2.75) is 28.5 Å². The topological polar surface area (TPSA) is 189 Å². The third kappa shape index (κ3) is 6.46. The number of amides is 1. The molecule has 0 atom stereocenters. The quantitative estimate of drug-likeness (QED) is 0.111. The largest absolute Gasteiger partial charge is 0.507 e. The van der Waals surface area contributed by atoms with E-state index in [1.54, 1.807) is 12.1 Å². The summed E-state index contributed by atoms with van der Waals surface area (Å²) in [5, 5.41) is 21.5. The molecule has 0 aromatic heterocycles. The number of benzene rings is 4. The van der Waals surface area contributed by atoms with Crippen LogP contribution >= 0.6 is 0 Å². The van der Waals surface area contributed by atoms with Crippen molar-refractivity contribution < 1.29 is 31.3 Å². The fourth-order valence-electron chi connectivity index (χ4n) is 3.71. The zero-order chi connectivity index (χ0) is 27.8. The third-order valence-corrected chi connectivity index (χ3v) is 8.16. The van der Waals surface area contributed by atoms with E-state index in [1.807, 2.05) is 6.92 Å². The maximum Gasteiger partial charge on any atom is 0.294 e. The minimum absolute atomic E-state index is 0. The summed E-state index contributed by atoms with van der Waals surface area (Å²) in [4.78, 5) is 10.8. The molecule has 4 aromatic rings. The Morgan fingerprint density at radius 2 is 1.56 bits per heavy atom. The predicted molar refractivity (Wildman–Crippen MR) is 147 cm³/mol. The van der Waals surface area contributed by atoms with Crippen molar-refractivity contribution in [1.82, 2.24) is 0 Å². The van der Waals surface area contributed by atoms with Gasteiger partial charge in [0.2, 0.25) is 15.7 Å². The summed E-state index contributed by atoms with van der Waals surface area (Å²) >= 11 is 0. The first-order valence-corrected chi connectivity index (χ1v) is 13.9. The fourth-order valence-corrected chi connectivity index (χ4v) is 5.66.